The number of thiophene rings is 1. The molecular weight excluding hydrogens is 332 g/mol. The fraction of sp³-hybridized carbons (Fsp3) is 0.450. The first-order chi connectivity index (χ1) is 12.0. The molecule has 1 unspecified atom stereocenters. The lowest BCUT2D eigenvalue weighted by Gasteiger charge is -2.28. The average Bonchev–Trinajstić information content (AvgIpc) is 3.25. The molecule has 1 aromatic heterocycles. The molecule has 1 atom stereocenters. The van der Waals surface area contributed by atoms with Gasteiger partial charge in [0, 0.05) is 27.4 Å². The molecule has 1 aliphatic rings. The van der Waals surface area contributed by atoms with Gasteiger partial charge in [0.2, 0.25) is 0 Å². The summed E-state index contributed by atoms with van der Waals surface area (Å²) in [6.45, 7) is 4.45. The fourth-order valence-electron chi connectivity index (χ4n) is 3.49. The fourth-order valence-corrected chi connectivity index (χ4v) is 4.68. The molecule has 134 valence electrons. The summed E-state index contributed by atoms with van der Waals surface area (Å²) in [7, 11) is 0. The molecule has 1 saturated carbocycles. The van der Waals surface area contributed by atoms with Gasteiger partial charge in [-0.2, -0.15) is 0 Å². The first kappa shape index (κ1) is 18.0. The van der Waals surface area contributed by atoms with E-state index in [0.29, 0.717) is 6.54 Å². The summed E-state index contributed by atoms with van der Waals surface area (Å²) in [5.41, 5.74) is 1.97. The van der Waals surface area contributed by atoms with E-state index in [1.54, 1.807) is 18.3 Å². The van der Waals surface area contributed by atoms with Crippen LogP contribution in [0.2, 0.25) is 0 Å². The third-order valence-corrected chi connectivity index (χ3v) is 6.52. The van der Waals surface area contributed by atoms with E-state index in [9.17, 15) is 9.90 Å². The number of aliphatic hydroxyl groups excluding tert-OH is 1. The molecular formula is C20H26N2O2S. The van der Waals surface area contributed by atoms with Crippen molar-refractivity contribution in [2.24, 2.45) is 0 Å². The van der Waals surface area contributed by atoms with Gasteiger partial charge in [-0.1, -0.05) is 30.5 Å². The lowest BCUT2D eigenvalue weighted by molar-refractivity contribution is 0.203. The minimum absolute atomic E-state index is 0.00240. The summed E-state index contributed by atoms with van der Waals surface area (Å²) in [4.78, 5) is 14.5. The Balaban J connectivity index is 1.65. The number of hydrogen-bond acceptors (Lipinski definition) is 3. The number of anilines is 1. The van der Waals surface area contributed by atoms with Crippen molar-refractivity contribution >= 4 is 23.1 Å². The maximum absolute atomic E-state index is 12.3. The van der Waals surface area contributed by atoms with Gasteiger partial charge in [-0.3, -0.25) is 0 Å². The van der Waals surface area contributed by atoms with Crippen LogP contribution in [0.5, 0.6) is 0 Å². The maximum Gasteiger partial charge on any atom is 0.319 e. The molecule has 3 rings (SSSR count). The van der Waals surface area contributed by atoms with E-state index in [1.165, 1.54) is 23.3 Å². The highest BCUT2D eigenvalue weighted by atomic mass is 32.1. The molecule has 0 bridgehead atoms. The number of aryl methyl sites for hydroxylation is 1. The molecule has 1 heterocycles. The van der Waals surface area contributed by atoms with Gasteiger partial charge in [0.25, 0.3) is 0 Å². The van der Waals surface area contributed by atoms with Crippen molar-refractivity contribution in [2.45, 2.75) is 51.0 Å². The maximum atomic E-state index is 12.3. The zero-order chi connectivity index (χ0) is 17.9. The summed E-state index contributed by atoms with van der Waals surface area (Å²) in [5, 5.41) is 15.8. The third kappa shape index (κ3) is 4.22. The Labute approximate surface area is 153 Å². The van der Waals surface area contributed by atoms with Gasteiger partial charge in [0.05, 0.1) is 6.10 Å². The van der Waals surface area contributed by atoms with E-state index >= 15 is 0 Å². The minimum atomic E-state index is -0.435. The smallest absolute Gasteiger partial charge is 0.319 e. The van der Waals surface area contributed by atoms with Crippen LogP contribution in [0.1, 0.15) is 54.0 Å². The van der Waals surface area contributed by atoms with Crippen LogP contribution in [0.15, 0.2) is 36.4 Å². The number of benzene rings is 1. The number of carbonyl (C=O) groups is 1. The predicted octanol–water partition coefficient (Wildman–Crippen LogP) is 4.74. The summed E-state index contributed by atoms with van der Waals surface area (Å²) in [6.07, 6.45) is 4.09. The molecule has 5 heteroatoms. The van der Waals surface area contributed by atoms with E-state index in [-0.39, 0.29) is 11.4 Å². The van der Waals surface area contributed by atoms with Gasteiger partial charge in [-0.15, -0.1) is 11.3 Å². The monoisotopic (exact) mass is 358 g/mol. The van der Waals surface area contributed by atoms with E-state index in [4.69, 9.17) is 0 Å². The second-order valence-electron chi connectivity index (χ2n) is 7.04. The van der Waals surface area contributed by atoms with Crippen LogP contribution in [0.4, 0.5) is 10.5 Å². The van der Waals surface area contributed by atoms with Crippen molar-refractivity contribution < 1.29 is 9.90 Å². The van der Waals surface area contributed by atoms with E-state index in [0.717, 1.165) is 23.4 Å². The van der Waals surface area contributed by atoms with Gasteiger partial charge in [-0.25, -0.2) is 4.79 Å². The van der Waals surface area contributed by atoms with Gasteiger partial charge < -0.3 is 15.7 Å². The lowest BCUT2D eigenvalue weighted by Crippen LogP contribution is -2.40. The Hall–Kier alpha value is -1.85. The van der Waals surface area contributed by atoms with Gasteiger partial charge in [0.1, 0.15) is 0 Å². The van der Waals surface area contributed by atoms with Crippen LogP contribution < -0.4 is 10.6 Å². The van der Waals surface area contributed by atoms with Crippen molar-refractivity contribution in [2.75, 3.05) is 11.9 Å². The molecule has 0 spiro atoms. The highest BCUT2D eigenvalue weighted by molar-refractivity contribution is 7.12. The van der Waals surface area contributed by atoms with Gasteiger partial charge >= 0.3 is 6.03 Å². The number of hydrogen-bond donors (Lipinski definition) is 3. The number of amides is 2. The molecule has 4 nitrogen and oxygen atoms in total. The molecule has 0 aliphatic heterocycles. The first-order valence-corrected chi connectivity index (χ1v) is 9.70. The molecule has 0 saturated heterocycles. The minimum Gasteiger partial charge on any atom is -0.388 e. The zero-order valence-corrected chi connectivity index (χ0v) is 15.7. The van der Waals surface area contributed by atoms with Crippen LogP contribution in [0, 0.1) is 6.92 Å². The number of urea groups is 1. The van der Waals surface area contributed by atoms with Crippen LogP contribution in [0.3, 0.4) is 0 Å². The normalized spacial score (nSPS) is 17.2. The van der Waals surface area contributed by atoms with Crippen molar-refractivity contribution in [3.05, 3.63) is 51.7 Å². The molecule has 1 fully saturated rings. The van der Waals surface area contributed by atoms with Gasteiger partial charge in [-0.05, 0) is 51.0 Å². The molecule has 2 amide bonds. The Bertz CT molecular complexity index is 716. The van der Waals surface area contributed by atoms with E-state index in [2.05, 4.69) is 16.7 Å². The SMILES string of the molecule is Cc1ccc(NC(=O)NCC2(c3ccc(C(C)O)s3)CCCC2)cc1. The standard InChI is InChI=1S/C20H26N2O2S/c1-14-5-7-16(8-6-14)22-19(24)21-13-20(11-3-4-12-20)18-10-9-17(25-18)15(2)23/h5-10,15,23H,3-4,11-13H2,1-2H3,(H2,21,22,24). The Morgan fingerprint density at radius 3 is 2.48 bits per heavy atom. The summed E-state index contributed by atoms with van der Waals surface area (Å²) >= 11 is 1.67. The van der Waals surface area contributed by atoms with Crippen LogP contribution in [-0.4, -0.2) is 17.7 Å². The third-order valence-electron chi connectivity index (χ3n) is 5.02. The number of nitrogens with one attached hydrogen (secondary N) is 2. The molecule has 0 radical (unpaired) electrons. The molecule has 3 N–H and O–H groups in total. The second-order valence-corrected chi connectivity index (χ2v) is 8.15. The Morgan fingerprint density at radius 2 is 1.88 bits per heavy atom. The summed E-state index contributed by atoms with van der Waals surface area (Å²) < 4.78 is 0. The topological polar surface area (TPSA) is 61.4 Å². The Kier molecular flexibility index (Phi) is 5.45. The lowest BCUT2D eigenvalue weighted by atomic mass is 9.84. The first-order valence-electron chi connectivity index (χ1n) is 8.88. The highest BCUT2D eigenvalue weighted by Gasteiger charge is 2.37. The number of aliphatic hydroxyl groups is 1. The second kappa shape index (κ2) is 7.58. The summed E-state index contributed by atoms with van der Waals surface area (Å²) in [5.74, 6) is 0. The van der Waals surface area contributed by atoms with Crippen molar-refractivity contribution in [1.82, 2.24) is 5.32 Å². The number of rotatable bonds is 5. The quantitative estimate of drug-likeness (QED) is 0.723. The molecule has 1 aliphatic carbocycles. The van der Waals surface area contributed by atoms with Crippen molar-refractivity contribution in [1.29, 1.82) is 0 Å². The van der Waals surface area contributed by atoms with E-state index < -0.39 is 6.10 Å². The highest BCUT2D eigenvalue weighted by Crippen LogP contribution is 2.44. The van der Waals surface area contributed by atoms with Crippen molar-refractivity contribution in [3.8, 4) is 0 Å². The van der Waals surface area contributed by atoms with E-state index in [1.807, 2.05) is 37.3 Å². The van der Waals surface area contributed by atoms with Crippen LogP contribution >= 0.6 is 11.3 Å². The zero-order valence-electron chi connectivity index (χ0n) is 14.8. The molecule has 1 aromatic carbocycles. The van der Waals surface area contributed by atoms with Gasteiger partial charge in [0.15, 0.2) is 0 Å². The Morgan fingerprint density at radius 1 is 1.20 bits per heavy atom. The van der Waals surface area contributed by atoms with Crippen LogP contribution in [0.25, 0.3) is 0 Å². The number of carbonyl (C=O) groups excluding carboxylic acids is 1. The molecule has 2 aromatic rings. The van der Waals surface area contributed by atoms with Crippen molar-refractivity contribution in [3.63, 3.8) is 0 Å². The predicted molar refractivity (Wildman–Crippen MR) is 103 cm³/mol. The summed E-state index contributed by atoms with van der Waals surface area (Å²) in [6, 6.07) is 11.8. The largest absolute Gasteiger partial charge is 0.388 e. The average molecular weight is 359 g/mol. The van der Waals surface area contributed by atoms with Crippen LogP contribution in [-0.2, 0) is 5.41 Å². The molecule has 25 heavy (non-hydrogen) atoms.